The molecule has 162 valence electrons. The van der Waals surface area contributed by atoms with E-state index in [4.69, 9.17) is 4.42 Å². The van der Waals surface area contributed by atoms with Gasteiger partial charge in [0.05, 0.1) is 19.0 Å². The number of furan rings is 1. The van der Waals surface area contributed by atoms with Crippen LogP contribution < -0.4 is 5.32 Å². The summed E-state index contributed by atoms with van der Waals surface area (Å²) < 4.78 is 5.31. The summed E-state index contributed by atoms with van der Waals surface area (Å²) in [4.78, 5) is 33.4. The summed E-state index contributed by atoms with van der Waals surface area (Å²) >= 11 is 0. The average molecular weight is 430 g/mol. The largest absolute Gasteiger partial charge is 0.467 e. The van der Waals surface area contributed by atoms with E-state index in [1.54, 1.807) is 65.8 Å². The number of benzene rings is 1. The molecular formula is C23H22N6O3. The number of anilines is 1. The summed E-state index contributed by atoms with van der Waals surface area (Å²) in [6.07, 6.45) is 5.89. The molecule has 0 aliphatic carbocycles. The van der Waals surface area contributed by atoms with Gasteiger partial charge >= 0.3 is 6.03 Å². The van der Waals surface area contributed by atoms with E-state index in [-0.39, 0.29) is 11.9 Å². The van der Waals surface area contributed by atoms with E-state index in [9.17, 15) is 9.59 Å². The van der Waals surface area contributed by atoms with Crippen molar-refractivity contribution in [3.63, 3.8) is 0 Å². The van der Waals surface area contributed by atoms with Gasteiger partial charge in [0.1, 0.15) is 5.76 Å². The van der Waals surface area contributed by atoms with Gasteiger partial charge in [-0.3, -0.25) is 9.89 Å². The van der Waals surface area contributed by atoms with Gasteiger partial charge < -0.3 is 19.5 Å². The van der Waals surface area contributed by atoms with Crippen LogP contribution >= 0.6 is 0 Å². The van der Waals surface area contributed by atoms with Crippen LogP contribution in [-0.4, -0.2) is 50.5 Å². The summed E-state index contributed by atoms with van der Waals surface area (Å²) in [5.74, 6) is 0.553. The van der Waals surface area contributed by atoms with Crippen LogP contribution in [0.4, 0.5) is 10.5 Å². The molecule has 0 saturated heterocycles. The normalized spacial score (nSPS) is 13.1. The molecule has 3 aromatic heterocycles. The Balaban J connectivity index is 1.26. The zero-order valence-corrected chi connectivity index (χ0v) is 17.5. The van der Waals surface area contributed by atoms with E-state index in [1.165, 1.54) is 5.56 Å². The molecule has 3 amide bonds. The van der Waals surface area contributed by atoms with Gasteiger partial charge in [0.2, 0.25) is 0 Å². The molecule has 1 aliphatic rings. The first-order valence-corrected chi connectivity index (χ1v) is 10.3. The number of fused-ring (bicyclic) bond motifs is 3. The van der Waals surface area contributed by atoms with E-state index >= 15 is 0 Å². The average Bonchev–Trinajstić information content (AvgIpc) is 3.50. The number of hydrogen-bond acceptors (Lipinski definition) is 5. The maximum absolute atomic E-state index is 12.9. The van der Waals surface area contributed by atoms with Crippen molar-refractivity contribution in [2.75, 3.05) is 18.9 Å². The van der Waals surface area contributed by atoms with Crippen LogP contribution in [0.25, 0.3) is 11.0 Å². The van der Waals surface area contributed by atoms with E-state index < -0.39 is 0 Å². The number of aromatic nitrogens is 3. The first-order chi connectivity index (χ1) is 15.6. The van der Waals surface area contributed by atoms with Crippen LogP contribution in [0, 0.1) is 0 Å². The first kappa shape index (κ1) is 19.8. The number of pyridine rings is 1. The predicted octanol–water partition coefficient (Wildman–Crippen LogP) is 3.41. The van der Waals surface area contributed by atoms with Crippen molar-refractivity contribution >= 4 is 28.7 Å². The van der Waals surface area contributed by atoms with Crippen LogP contribution in [0.3, 0.4) is 0 Å². The molecule has 1 aromatic carbocycles. The quantitative estimate of drug-likeness (QED) is 0.516. The van der Waals surface area contributed by atoms with Crippen molar-refractivity contribution in [2.24, 2.45) is 0 Å². The summed E-state index contributed by atoms with van der Waals surface area (Å²) in [7, 11) is 1.71. The molecule has 0 spiro atoms. The minimum absolute atomic E-state index is 0.153. The molecule has 32 heavy (non-hydrogen) atoms. The fourth-order valence-corrected chi connectivity index (χ4v) is 3.99. The van der Waals surface area contributed by atoms with Crippen molar-refractivity contribution < 1.29 is 14.0 Å². The second kappa shape index (κ2) is 8.18. The minimum Gasteiger partial charge on any atom is -0.467 e. The van der Waals surface area contributed by atoms with Gasteiger partial charge in [-0.25, -0.2) is 9.78 Å². The fourth-order valence-electron chi connectivity index (χ4n) is 3.99. The van der Waals surface area contributed by atoms with Gasteiger partial charge in [-0.1, -0.05) is 6.07 Å². The number of carbonyl (C=O) groups excluding carboxylic acids is 2. The maximum Gasteiger partial charge on any atom is 0.322 e. The number of amides is 3. The second-order valence-corrected chi connectivity index (χ2v) is 7.82. The Kier molecular flexibility index (Phi) is 5.06. The monoisotopic (exact) mass is 430 g/mol. The Bertz CT molecular complexity index is 1280. The highest BCUT2D eigenvalue weighted by Crippen LogP contribution is 2.25. The summed E-state index contributed by atoms with van der Waals surface area (Å²) in [6.45, 7) is 1.43. The first-order valence-electron chi connectivity index (χ1n) is 10.3. The number of nitrogens with zero attached hydrogens (tertiary/aromatic N) is 4. The van der Waals surface area contributed by atoms with Crippen LogP contribution in [0.15, 0.2) is 59.5 Å². The number of carbonyl (C=O) groups is 2. The van der Waals surface area contributed by atoms with Gasteiger partial charge in [0, 0.05) is 43.0 Å². The zero-order chi connectivity index (χ0) is 22.1. The standard InChI is InChI=1S/C23H22N6O3/c1-28(14-18-6-3-9-32-18)22(30)15-4-2-5-17(10-15)26-23(31)29-8-7-19-16(13-29)11-24-21-20(19)12-25-27-21/h2-6,9-12H,7-8,13-14H2,1H3,(H,26,31)(H,24,25,27). The van der Waals surface area contributed by atoms with Crippen molar-refractivity contribution in [1.29, 1.82) is 0 Å². The van der Waals surface area contributed by atoms with Crippen LogP contribution in [0.2, 0.25) is 0 Å². The SMILES string of the molecule is CN(Cc1ccco1)C(=O)c1cccc(NC(=O)N2CCc3c(cnc4[nH]ncc34)C2)c1. The van der Waals surface area contributed by atoms with Crippen LogP contribution in [0.5, 0.6) is 0 Å². The van der Waals surface area contributed by atoms with Crippen LogP contribution in [-0.2, 0) is 19.5 Å². The van der Waals surface area contributed by atoms with Gasteiger partial charge in [-0.2, -0.15) is 5.10 Å². The molecule has 0 saturated carbocycles. The summed E-state index contributed by atoms with van der Waals surface area (Å²) in [5, 5.41) is 10.9. The van der Waals surface area contributed by atoms with E-state index in [0.717, 1.165) is 23.0 Å². The second-order valence-electron chi connectivity index (χ2n) is 7.82. The lowest BCUT2D eigenvalue weighted by atomic mass is 9.99. The number of rotatable bonds is 4. The molecule has 4 aromatic rings. The molecule has 0 atom stereocenters. The molecule has 0 radical (unpaired) electrons. The third kappa shape index (κ3) is 3.80. The van der Waals surface area contributed by atoms with Crippen molar-refractivity contribution in [2.45, 2.75) is 19.5 Å². The smallest absolute Gasteiger partial charge is 0.322 e. The van der Waals surface area contributed by atoms with Crippen molar-refractivity contribution in [1.82, 2.24) is 25.0 Å². The van der Waals surface area contributed by atoms with Crippen LogP contribution in [0.1, 0.15) is 27.2 Å². The predicted molar refractivity (Wildman–Crippen MR) is 118 cm³/mol. The molecule has 0 bridgehead atoms. The van der Waals surface area contributed by atoms with Crippen molar-refractivity contribution in [3.05, 3.63) is 77.5 Å². The molecule has 0 fully saturated rings. The number of nitrogens with one attached hydrogen (secondary N) is 2. The molecular weight excluding hydrogens is 408 g/mol. The molecule has 5 rings (SSSR count). The lowest BCUT2D eigenvalue weighted by Gasteiger charge is -2.29. The Morgan fingerprint density at radius 1 is 1.25 bits per heavy atom. The van der Waals surface area contributed by atoms with Gasteiger partial charge in [-0.15, -0.1) is 0 Å². The highest BCUT2D eigenvalue weighted by molar-refractivity contribution is 5.96. The third-order valence-corrected chi connectivity index (χ3v) is 5.64. The highest BCUT2D eigenvalue weighted by atomic mass is 16.3. The summed E-state index contributed by atoms with van der Waals surface area (Å²) in [5.41, 5.74) is 4.03. The fraction of sp³-hybridized carbons (Fsp3) is 0.217. The topological polar surface area (TPSA) is 107 Å². The van der Waals surface area contributed by atoms with E-state index in [2.05, 4.69) is 20.5 Å². The Morgan fingerprint density at radius 3 is 3.00 bits per heavy atom. The zero-order valence-electron chi connectivity index (χ0n) is 17.5. The molecule has 2 N–H and O–H groups in total. The molecule has 0 unspecified atom stereocenters. The van der Waals surface area contributed by atoms with E-state index in [1.807, 2.05) is 6.07 Å². The highest BCUT2D eigenvalue weighted by Gasteiger charge is 2.23. The Labute approximate surface area is 184 Å². The van der Waals surface area contributed by atoms with Crippen molar-refractivity contribution in [3.8, 4) is 0 Å². The van der Waals surface area contributed by atoms with Gasteiger partial charge in [-0.05, 0) is 47.9 Å². The maximum atomic E-state index is 12.9. The Morgan fingerprint density at radius 2 is 2.16 bits per heavy atom. The lowest BCUT2D eigenvalue weighted by Crippen LogP contribution is -2.39. The molecule has 4 heterocycles. The molecule has 9 nitrogen and oxygen atoms in total. The third-order valence-electron chi connectivity index (χ3n) is 5.64. The Hall–Kier alpha value is -4.14. The number of urea groups is 1. The minimum atomic E-state index is -0.212. The van der Waals surface area contributed by atoms with Gasteiger partial charge in [0.15, 0.2) is 5.65 Å². The summed E-state index contributed by atoms with van der Waals surface area (Å²) in [6, 6.07) is 10.4. The lowest BCUT2D eigenvalue weighted by molar-refractivity contribution is 0.0775. The van der Waals surface area contributed by atoms with Gasteiger partial charge in [0.25, 0.3) is 5.91 Å². The molecule has 1 aliphatic heterocycles. The number of aromatic amines is 1. The van der Waals surface area contributed by atoms with E-state index in [0.29, 0.717) is 36.6 Å². The number of hydrogen-bond donors (Lipinski definition) is 2. The molecule has 9 heteroatoms. The number of H-pyrrole nitrogens is 1.